The molecule has 0 aliphatic heterocycles. The Morgan fingerprint density at radius 2 is 2.09 bits per heavy atom. The van der Waals surface area contributed by atoms with Crippen molar-refractivity contribution >= 4 is 11.6 Å². The van der Waals surface area contributed by atoms with Gasteiger partial charge >= 0.3 is 0 Å². The molecule has 23 heavy (non-hydrogen) atoms. The quantitative estimate of drug-likeness (QED) is 0.903. The minimum atomic E-state index is -0.306. The molecule has 0 saturated carbocycles. The van der Waals surface area contributed by atoms with Gasteiger partial charge in [0.05, 0.1) is 12.6 Å². The van der Waals surface area contributed by atoms with Gasteiger partial charge in [0.25, 0.3) is 0 Å². The number of hydrogen-bond acceptors (Lipinski definition) is 2. The maximum atomic E-state index is 13.3. The summed E-state index contributed by atoms with van der Waals surface area (Å²) in [5.74, 6) is -0.380. The number of nitrogens with one attached hydrogen (secondary N) is 2. The van der Waals surface area contributed by atoms with E-state index in [9.17, 15) is 9.18 Å². The van der Waals surface area contributed by atoms with E-state index < -0.39 is 0 Å². The largest absolute Gasteiger partial charge is 0.376 e. The maximum Gasteiger partial charge on any atom is 0.239 e. The number of anilines is 1. The normalized spacial score (nSPS) is 16.5. The Morgan fingerprint density at radius 1 is 1.26 bits per heavy atom. The Hall–Kier alpha value is -2.36. The van der Waals surface area contributed by atoms with Gasteiger partial charge < -0.3 is 10.6 Å². The van der Waals surface area contributed by atoms with Gasteiger partial charge in [0.1, 0.15) is 5.82 Å². The molecule has 0 fully saturated rings. The Bertz CT molecular complexity index is 714. The highest BCUT2D eigenvalue weighted by molar-refractivity contribution is 5.81. The van der Waals surface area contributed by atoms with E-state index in [2.05, 4.69) is 22.8 Å². The van der Waals surface area contributed by atoms with Crippen LogP contribution in [0, 0.1) is 12.7 Å². The van der Waals surface area contributed by atoms with E-state index in [0.717, 1.165) is 24.8 Å². The van der Waals surface area contributed by atoms with Gasteiger partial charge in [-0.1, -0.05) is 30.3 Å². The standard InChI is InChI=1S/C19H21FN2O/c1-13-9-10-15(20)11-18(13)21-12-19(23)22-17-8-4-6-14-5-2-3-7-16(14)17/h2-3,5,7,9-11,17,21H,4,6,8,12H2,1H3,(H,22,23). The lowest BCUT2D eigenvalue weighted by Crippen LogP contribution is -2.35. The van der Waals surface area contributed by atoms with Crippen molar-refractivity contribution in [2.24, 2.45) is 0 Å². The van der Waals surface area contributed by atoms with Crippen molar-refractivity contribution in [1.29, 1.82) is 0 Å². The zero-order valence-corrected chi connectivity index (χ0v) is 13.2. The van der Waals surface area contributed by atoms with Crippen molar-refractivity contribution in [3.63, 3.8) is 0 Å². The Balaban J connectivity index is 1.61. The van der Waals surface area contributed by atoms with E-state index in [4.69, 9.17) is 0 Å². The first kappa shape index (κ1) is 15.5. The third kappa shape index (κ3) is 3.70. The predicted molar refractivity (Wildman–Crippen MR) is 89.9 cm³/mol. The number of aryl methyl sites for hydroxylation is 2. The molecular formula is C19H21FN2O. The number of amides is 1. The summed E-state index contributed by atoms with van der Waals surface area (Å²) in [6.45, 7) is 2.03. The molecule has 2 aromatic carbocycles. The molecule has 4 heteroatoms. The van der Waals surface area contributed by atoms with Gasteiger partial charge in [0, 0.05) is 5.69 Å². The summed E-state index contributed by atoms with van der Waals surface area (Å²) in [5.41, 5.74) is 4.11. The van der Waals surface area contributed by atoms with Gasteiger partial charge in [0.15, 0.2) is 0 Å². The molecule has 1 atom stereocenters. The van der Waals surface area contributed by atoms with Crippen LogP contribution in [0.2, 0.25) is 0 Å². The number of rotatable bonds is 4. The molecule has 0 radical (unpaired) electrons. The Morgan fingerprint density at radius 3 is 2.96 bits per heavy atom. The molecule has 0 heterocycles. The number of benzene rings is 2. The van der Waals surface area contributed by atoms with Gasteiger partial charge in [-0.3, -0.25) is 4.79 Å². The molecule has 3 rings (SSSR count). The predicted octanol–water partition coefficient (Wildman–Crippen LogP) is 3.74. The number of carbonyl (C=O) groups is 1. The van der Waals surface area contributed by atoms with Crippen LogP contribution in [0.1, 0.15) is 35.6 Å². The third-order valence-electron chi connectivity index (χ3n) is 4.34. The van der Waals surface area contributed by atoms with E-state index in [0.29, 0.717) is 5.69 Å². The summed E-state index contributed by atoms with van der Waals surface area (Å²) in [4.78, 5) is 12.2. The van der Waals surface area contributed by atoms with Crippen molar-refractivity contribution in [2.75, 3.05) is 11.9 Å². The number of halogens is 1. The molecule has 0 aromatic heterocycles. The third-order valence-corrected chi connectivity index (χ3v) is 4.34. The van der Waals surface area contributed by atoms with Crippen molar-refractivity contribution in [2.45, 2.75) is 32.2 Å². The van der Waals surface area contributed by atoms with Gasteiger partial charge in [0.2, 0.25) is 5.91 Å². The topological polar surface area (TPSA) is 41.1 Å². The van der Waals surface area contributed by atoms with Crippen molar-refractivity contribution < 1.29 is 9.18 Å². The molecule has 120 valence electrons. The highest BCUT2D eigenvalue weighted by Crippen LogP contribution is 2.29. The van der Waals surface area contributed by atoms with Crippen LogP contribution in [0.4, 0.5) is 10.1 Å². The lowest BCUT2D eigenvalue weighted by Gasteiger charge is -2.26. The lowest BCUT2D eigenvalue weighted by atomic mass is 9.88. The summed E-state index contributed by atoms with van der Waals surface area (Å²) in [6, 6.07) is 12.9. The fraction of sp³-hybridized carbons (Fsp3) is 0.316. The van der Waals surface area contributed by atoms with E-state index in [1.54, 1.807) is 6.07 Å². The van der Waals surface area contributed by atoms with Crippen LogP contribution in [0.25, 0.3) is 0 Å². The summed E-state index contributed by atoms with van der Waals surface area (Å²) in [5, 5.41) is 6.10. The van der Waals surface area contributed by atoms with Crippen LogP contribution < -0.4 is 10.6 Å². The van der Waals surface area contributed by atoms with E-state index in [1.807, 2.05) is 19.1 Å². The van der Waals surface area contributed by atoms with Crippen molar-refractivity contribution in [3.8, 4) is 0 Å². The van der Waals surface area contributed by atoms with Gasteiger partial charge in [-0.05, 0) is 55.0 Å². The SMILES string of the molecule is Cc1ccc(F)cc1NCC(=O)NC1CCCc2ccccc21. The van der Waals surface area contributed by atoms with Crippen LogP contribution in [0.3, 0.4) is 0 Å². The van der Waals surface area contributed by atoms with Crippen LogP contribution >= 0.6 is 0 Å². The second-order valence-corrected chi connectivity index (χ2v) is 6.02. The average molecular weight is 312 g/mol. The molecule has 3 nitrogen and oxygen atoms in total. The van der Waals surface area contributed by atoms with Crippen LogP contribution in [0.15, 0.2) is 42.5 Å². The van der Waals surface area contributed by atoms with Crippen LogP contribution in [-0.2, 0) is 11.2 Å². The molecule has 1 aliphatic rings. The zero-order chi connectivity index (χ0) is 16.2. The molecule has 0 bridgehead atoms. The van der Waals surface area contributed by atoms with Gasteiger partial charge in [-0.2, -0.15) is 0 Å². The lowest BCUT2D eigenvalue weighted by molar-refractivity contribution is -0.120. The van der Waals surface area contributed by atoms with Crippen molar-refractivity contribution in [1.82, 2.24) is 5.32 Å². The maximum absolute atomic E-state index is 13.3. The number of fused-ring (bicyclic) bond motifs is 1. The summed E-state index contributed by atoms with van der Waals surface area (Å²) in [6.07, 6.45) is 3.11. The van der Waals surface area contributed by atoms with Crippen LogP contribution in [0.5, 0.6) is 0 Å². The molecular weight excluding hydrogens is 291 g/mol. The first-order valence-corrected chi connectivity index (χ1v) is 8.00. The smallest absolute Gasteiger partial charge is 0.239 e. The van der Waals surface area contributed by atoms with E-state index >= 15 is 0 Å². The molecule has 2 N–H and O–H groups in total. The summed E-state index contributed by atoms with van der Waals surface area (Å²) in [7, 11) is 0. The Labute approximate surface area is 135 Å². The first-order valence-electron chi connectivity index (χ1n) is 8.00. The summed E-state index contributed by atoms with van der Waals surface area (Å²) >= 11 is 0. The van der Waals surface area contributed by atoms with Gasteiger partial charge in [-0.25, -0.2) is 4.39 Å². The highest BCUT2D eigenvalue weighted by atomic mass is 19.1. The molecule has 1 aliphatic carbocycles. The second kappa shape index (κ2) is 6.82. The Kier molecular flexibility index (Phi) is 4.60. The highest BCUT2D eigenvalue weighted by Gasteiger charge is 2.21. The fourth-order valence-corrected chi connectivity index (χ4v) is 3.11. The molecule has 0 saturated heterocycles. The summed E-state index contributed by atoms with van der Waals surface area (Å²) < 4.78 is 13.3. The molecule has 0 spiro atoms. The second-order valence-electron chi connectivity index (χ2n) is 6.02. The van der Waals surface area contributed by atoms with E-state index in [1.165, 1.54) is 23.3 Å². The number of hydrogen-bond donors (Lipinski definition) is 2. The first-order chi connectivity index (χ1) is 11.1. The molecule has 1 unspecified atom stereocenters. The van der Waals surface area contributed by atoms with Crippen molar-refractivity contribution in [3.05, 3.63) is 65.0 Å². The number of carbonyl (C=O) groups excluding carboxylic acids is 1. The minimum absolute atomic E-state index is 0.0721. The minimum Gasteiger partial charge on any atom is -0.376 e. The molecule has 2 aromatic rings. The average Bonchev–Trinajstić information content (AvgIpc) is 2.56. The monoisotopic (exact) mass is 312 g/mol. The molecule has 1 amide bonds. The van der Waals surface area contributed by atoms with Gasteiger partial charge in [-0.15, -0.1) is 0 Å². The van der Waals surface area contributed by atoms with E-state index in [-0.39, 0.29) is 24.3 Å². The van der Waals surface area contributed by atoms with Crippen LogP contribution in [-0.4, -0.2) is 12.5 Å². The fourth-order valence-electron chi connectivity index (χ4n) is 3.11. The zero-order valence-electron chi connectivity index (χ0n) is 13.2.